The van der Waals surface area contributed by atoms with Gasteiger partial charge in [0.15, 0.2) is 0 Å². The maximum Gasteiger partial charge on any atom is 0.262 e. The van der Waals surface area contributed by atoms with Crippen LogP contribution in [0.25, 0.3) is 0 Å². The molecule has 2 aromatic carbocycles. The standard InChI is InChI=1S/C27H31N5O4/c28-27(11-13-31(14-12-27)16-18-5-2-1-3-6-18)17-29-15-19-7-4-8-20-23(19)26(36)32(25(20)35)21-9-10-22(33)30-24(21)34/h1-8,21,29H,9-17,28H2,(H,30,33,34). The van der Waals surface area contributed by atoms with E-state index in [1.807, 2.05) is 12.1 Å². The topological polar surface area (TPSA) is 125 Å². The van der Waals surface area contributed by atoms with Crippen LogP contribution in [0.3, 0.4) is 0 Å². The lowest BCUT2D eigenvalue weighted by atomic mass is 9.88. The molecule has 0 saturated carbocycles. The van der Waals surface area contributed by atoms with Crippen molar-refractivity contribution < 1.29 is 19.2 Å². The zero-order valence-electron chi connectivity index (χ0n) is 20.2. The molecule has 2 fully saturated rings. The summed E-state index contributed by atoms with van der Waals surface area (Å²) >= 11 is 0. The van der Waals surface area contributed by atoms with E-state index in [1.54, 1.807) is 12.1 Å². The molecule has 3 aliphatic rings. The Bertz CT molecular complexity index is 1190. The molecule has 3 aliphatic heterocycles. The predicted octanol–water partition coefficient (Wildman–Crippen LogP) is 1.17. The van der Waals surface area contributed by atoms with E-state index in [1.165, 1.54) is 5.56 Å². The first-order valence-electron chi connectivity index (χ1n) is 12.4. The first-order valence-corrected chi connectivity index (χ1v) is 12.4. The van der Waals surface area contributed by atoms with Crippen molar-refractivity contribution in [3.8, 4) is 0 Å². The zero-order valence-corrected chi connectivity index (χ0v) is 20.2. The summed E-state index contributed by atoms with van der Waals surface area (Å²) in [5.41, 5.74) is 8.96. The molecule has 188 valence electrons. The van der Waals surface area contributed by atoms with Crippen LogP contribution in [0, 0.1) is 0 Å². The number of hydrogen-bond donors (Lipinski definition) is 3. The molecule has 3 heterocycles. The van der Waals surface area contributed by atoms with E-state index >= 15 is 0 Å². The van der Waals surface area contributed by atoms with Crippen molar-refractivity contribution in [2.45, 2.75) is 50.4 Å². The summed E-state index contributed by atoms with van der Waals surface area (Å²) in [4.78, 5) is 53.5. The molecule has 36 heavy (non-hydrogen) atoms. The van der Waals surface area contributed by atoms with Crippen molar-refractivity contribution in [2.75, 3.05) is 19.6 Å². The molecular weight excluding hydrogens is 458 g/mol. The van der Waals surface area contributed by atoms with Crippen molar-refractivity contribution in [3.63, 3.8) is 0 Å². The van der Waals surface area contributed by atoms with E-state index < -0.39 is 23.8 Å². The number of imide groups is 2. The quantitative estimate of drug-likeness (QED) is 0.499. The lowest BCUT2D eigenvalue weighted by Gasteiger charge is -2.39. The summed E-state index contributed by atoms with van der Waals surface area (Å²) in [6.07, 6.45) is 1.96. The third-order valence-corrected chi connectivity index (χ3v) is 7.45. The Hall–Kier alpha value is -3.40. The van der Waals surface area contributed by atoms with E-state index in [4.69, 9.17) is 5.73 Å². The Labute approximate surface area is 210 Å². The molecule has 1 atom stereocenters. The highest BCUT2D eigenvalue weighted by molar-refractivity contribution is 6.24. The fourth-order valence-corrected chi connectivity index (χ4v) is 5.35. The Balaban J connectivity index is 1.19. The minimum atomic E-state index is -0.968. The zero-order chi connectivity index (χ0) is 25.3. The highest BCUT2D eigenvalue weighted by Gasteiger charge is 2.45. The molecular formula is C27H31N5O4. The van der Waals surface area contributed by atoms with Gasteiger partial charge in [-0.05, 0) is 36.5 Å². The highest BCUT2D eigenvalue weighted by atomic mass is 16.2. The monoisotopic (exact) mass is 489 g/mol. The van der Waals surface area contributed by atoms with Gasteiger partial charge in [0, 0.05) is 44.7 Å². The molecule has 0 aliphatic carbocycles. The third-order valence-electron chi connectivity index (χ3n) is 7.45. The van der Waals surface area contributed by atoms with Gasteiger partial charge >= 0.3 is 0 Å². The normalized spacial score (nSPS) is 22.0. The number of nitrogens with two attached hydrogens (primary N) is 1. The summed E-state index contributed by atoms with van der Waals surface area (Å²) in [7, 11) is 0. The smallest absolute Gasteiger partial charge is 0.262 e. The Morgan fingerprint density at radius 3 is 2.44 bits per heavy atom. The van der Waals surface area contributed by atoms with Crippen LogP contribution in [0.1, 0.15) is 57.5 Å². The van der Waals surface area contributed by atoms with Gasteiger partial charge in [0.2, 0.25) is 11.8 Å². The number of carbonyl (C=O) groups excluding carboxylic acids is 4. The molecule has 4 N–H and O–H groups in total. The fourth-order valence-electron chi connectivity index (χ4n) is 5.35. The van der Waals surface area contributed by atoms with Crippen LogP contribution in [-0.2, 0) is 22.7 Å². The lowest BCUT2D eigenvalue weighted by Crippen LogP contribution is -2.55. The summed E-state index contributed by atoms with van der Waals surface area (Å²) in [6, 6.07) is 14.6. The first kappa shape index (κ1) is 24.3. The lowest BCUT2D eigenvalue weighted by molar-refractivity contribution is -0.136. The van der Waals surface area contributed by atoms with Crippen LogP contribution in [0.4, 0.5) is 0 Å². The number of fused-ring (bicyclic) bond motifs is 1. The maximum atomic E-state index is 13.3. The van der Waals surface area contributed by atoms with Crippen LogP contribution in [0.2, 0.25) is 0 Å². The molecule has 0 spiro atoms. The average molecular weight is 490 g/mol. The summed E-state index contributed by atoms with van der Waals surface area (Å²) < 4.78 is 0. The van der Waals surface area contributed by atoms with Crippen LogP contribution in [-0.4, -0.2) is 64.6 Å². The van der Waals surface area contributed by atoms with Gasteiger partial charge in [0.1, 0.15) is 6.04 Å². The number of nitrogens with one attached hydrogen (secondary N) is 2. The molecule has 2 aromatic rings. The van der Waals surface area contributed by atoms with Gasteiger partial charge in [-0.15, -0.1) is 0 Å². The number of nitrogens with zero attached hydrogens (tertiary/aromatic N) is 2. The molecule has 0 radical (unpaired) electrons. The van der Waals surface area contributed by atoms with Crippen molar-refractivity contribution in [1.82, 2.24) is 20.4 Å². The minimum Gasteiger partial charge on any atom is -0.324 e. The van der Waals surface area contributed by atoms with Gasteiger partial charge < -0.3 is 11.1 Å². The minimum absolute atomic E-state index is 0.0968. The molecule has 0 bridgehead atoms. The van der Waals surface area contributed by atoms with Gasteiger partial charge in [-0.1, -0.05) is 42.5 Å². The van der Waals surface area contributed by atoms with Crippen molar-refractivity contribution >= 4 is 23.6 Å². The molecule has 5 rings (SSSR count). The van der Waals surface area contributed by atoms with E-state index in [0.717, 1.165) is 37.4 Å². The summed E-state index contributed by atoms with van der Waals surface area (Å²) in [5.74, 6) is -1.98. The second kappa shape index (κ2) is 9.93. The third kappa shape index (κ3) is 4.82. The van der Waals surface area contributed by atoms with Crippen molar-refractivity contribution in [2.24, 2.45) is 5.73 Å². The Morgan fingerprint density at radius 2 is 1.72 bits per heavy atom. The molecule has 1 unspecified atom stereocenters. The van der Waals surface area contributed by atoms with Crippen molar-refractivity contribution in [3.05, 3.63) is 70.8 Å². The average Bonchev–Trinajstić information content (AvgIpc) is 3.12. The molecule has 2 saturated heterocycles. The largest absolute Gasteiger partial charge is 0.324 e. The van der Waals surface area contributed by atoms with Gasteiger partial charge in [-0.2, -0.15) is 0 Å². The second-order valence-corrected chi connectivity index (χ2v) is 10.0. The molecule has 9 heteroatoms. The van der Waals surface area contributed by atoms with Crippen LogP contribution >= 0.6 is 0 Å². The predicted molar refractivity (Wildman–Crippen MR) is 133 cm³/mol. The number of carbonyl (C=O) groups is 4. The van der Waals surface area contributed by atoms with Gasteiger partial charge in [0.05, 0.1) is 11.1 Å². The number of piperidine rings is 2. The summed E-state index contributed by atoms with van der Waals surface area (Å²) in [5, 5.41) is 5.63. The van der Waals surface area contributed by atoms with E-state index in [0.29, 0.717) is 29.8 Å². The number of rotatable bonds is 7. The van der Waals surface area contributed by atoms with Crippen LogP contribution in [0.5, 0.6) is 0 Å². The molecule has 9 nitrogen and oxygen atoms in total. The molecule has 0 aromatic heterocycles. The van der Waals surface area contributed by atoms with Gasteiger partial charge in [-0.3, -0.25) is 34.3 Å². The number of benzene rings is 2. The Kier molecular flexibility index (Phi) is 6.70. The number of likely N-dealkylation sites (tertiary alicyclic amines) is 1. The van der Waals surface area contributed by atoms with E-state index in [9.17, 15) is 19.2 Å². The summed E-state index contributed by atoms with van der Waals surface area (Å²) in [6.45, 7) is 3.73. The number of hydrogen-bond acceptors (Lipinski definition) is 7. The number of amides is 4. The molecule has 4 amide bonds. The first-order chi connectivity index (χ1) is 17.3. The fraction of sp³-hybridized carbons (Fsp3) is 0.407. The van der Waals surface area contributed by atoms with Crippen molar-refractivity contribution in [1.29, 1.82) is 0 Å². The SMILES string of the molecule is NC1(CNCc2cccc3c2C(=O)N(C2CCC(=O)NC2=O)C3=O)CCN(Cc2ccccc2)CC1. The van der Waals surface area contributed by atoms with Gasteiger partial charge in [-0.25, -0.2) is 0 Å². The maximum absolute atomic E-state index is 13.3. The van der Waals surface area contributed by atoms with E-state index in [2.05, 4.69) is 39.8 Å². The second-order valence-electron chi connectivity index (χ2n) is 10.0. The van der Waals surface area contributed by atoms with E-state index in [-0.39, 0.29) is 24.3 Å². The van der Waals surface area contributed by atoms with Crippen LogP contribution < -0.4 is 16.4 Å². The van der Waals surface area contributed by atoms with Gasteiger partial charge in [0.25, 0.3) is 11.8 Å². The highest BCUT2D eigenvalue weighted by Crippen LogP contribution is 2.30. The van der Waals surface area contributed by atoms with Crippen LogP contribution in [0.15, 0.2) is 48.5 Å². The Morgan fingerprint density at radius 1 is 0.972 bits per heavy atom.